The lowest BCUT2D eigenvalue weighted by molar-refractivity contribution is -0.123. The number of carboxylic acids is 1. The minimum atomic E-state index is -4.76. The van der Waals surface area contributed by atoms with Crippen molar-refractivity contribution in [2.45, 2.75) is 58.7 Å². The molecule has 2 rings (SSSR count). The molecule has 0 unspecified atom stereocenters. The predicted octanol–water partition coefficient (Wildman–Crippen LogP) is 5.81. The van der Waals surface area contributed by atoms with E-state index in [0.29, 0.717) is 12.0 Å². The van der Waals surface area contributed by atoms with Gasteiger partial charge in [0.1, 0.15) is 11.5 Å². The molecule has 1 saturated carbocycles. The highest BCUT2D eigenvalue weighted by Gasteiger charge is 2.35. The zero-order valence-corrected chi connectivity index (χ0v) is 19.6. The van der Waals surface area contributed by atoms with Crippen LogP contribution in [0.5, 0.6) is 5.75 Å². The maximum atomic E-state index is 13.3. The molecule has 186 valence electrons. The third-order valence-corrected chi connectivity index (χ3v) is 5.83. The molecule has 1 aromatic carbocycles. The predicted molar refractivity (Wildman–Crippen MR) is 124 cm³/mol. The largest absolute Gasteiger partial charge is 0.478 e. The van der Waals surface area contributed by atoms with Crippen molar-refractivity contribution in [2.24, 2.45) is 17.6 Å². The van der Waals surface area contributed by atoms with Gasteiger partial charge in [-0.3, -0.25) is 4.79 Å². The molecule has 0 aliphatic heterocycles. The highest BCUT2D eigenvalue weighted by Crippen LogP contribution is 2.35. The Morgan fingerprint density at radius 3 is 2.32 bits per heavy atom. The van der Waals surface area contributed by atoms with Crippen LogP contribution in [0, 0.1) is 11.8 Å². The average Bonchev–Trinajstić information content (AvgIpc) is 2.74. The van der Waals surface area contributed by atoms with Crippen LogP contribution in [-0.2, 0) is 4.79 Å². The highest BCUT2D eigenvalue weighted by molar-refractivity contribution is 6.03. The molecule has 34 heavy (non-hydrogen) atoms. The number of rotatable bonds is 8. The van der Waals surface area contributed by atoms with Crippen molar-refractivity contribution >= 4 is 17.6 Å². The minimum Gasteiger partial charge on any atom is -0.478 e. The Morgan fingerprint density at radius 1 is 1.24 bits per heavy atom. The van der Waals surface area contributed by atoms with Crippen molar-refractivity contribution in [1.82, 2.24) is 0 Å². The SMILES string of the molecule is C=C/C(=C(\C=C/N)Oc1ccc(N(C(=O)C2CCC(C)CC2)C(C)C)c(C(=O)O)c1)C(F)(F)F. The number of anilines is 1. The van der Waals surface area contributed by atoms with Crippen LogP contribution < -0.4 is 15.4 Å². The number of carbonyl (C=O) groups is 2. The summed E-state index contributed by atoms with van der Waals surface area (Å²) in [5, 5.41) is 9.83. The summed E-state index contributed by atoms with van der Waals surface area (Å²) in [6.07, 6.45) is 0.929. The summed E-state index contributed by atoms with van der Waals surface area (Å²) in [6.45, 7) is 8.88. The maximum Gasteiger partial charge on any atom is 0.419 e. The van der Waals surface area contributed by atoms with Crippen LogP contribution in [0.25, 0.3) is 0 Å². The highest BCUT2D eigenvalue weighted by atomic mass is 19.4. The van der Waals surface area contributed by atoms with Gasteiger partial charge < -0.3 is 20.5 Å². The van der Waals surface area contributed by atoms with Gasteiger partial charge in [0.25, 0.3) is 0 Å². The van der Waals surface area contributed by atoms with E-state index in [0.717, 1.165) is 44.0 Å². The Morgan fingerprint density at radius 2 is 1.85 bits per heavy atom. The van der Waals surface area contributed by atoms with Crippen LogP contribution in [0.1, 0.15) is 56.8 Å². The van der Waals surface area contributed by atoms with Crippen LogP contribution in [0.4, 0.5) is 18.9 Å². The van der Waals surface area contributed by atoms with E-state index >= 15 is 0 Å². The van der Waals surface area contributed by atoms with Gasteiger partial charge in [-0.25, -0.2) is 4.79 Å². The Kier molecular flexibility index (Phi) is 8.95. The molecule has 9 heteroatoms. The lowest BCUT2D eigenvalue weighted by Crippen LogP contribution is -2.42. The Balaban J connectivity index is 2.50. The van der Waals surface area contributed by atoms with Gasteiger partial charge in [0.15, 0.2) is 0 Å². The third kappa shape index (κ3) is 6.42. The third-order valence-electron chi connectivity index (χ3n) is 5.83. The van der Waals surface area contributed by atoms with Crippen LogP contribution in [0.3, 0.4) is 0 Å². The number of aromatic carboxylic acids is 1. The number of carboxylic acid groups (broad SMARTS) is 1. The quantitative estimate of drug-likeness (QED) is 0.362. The maximum absolute atomic E-state index is 13.3. The van der Waals surface area contributed by atoms with Crippen LogP contribution in [-0.4, -0.2) is 29.2 Å². The van der Waals surface area contributed by atoms with Gasteiger partial charge in [0.05, 0.1) is 16.8 Å². The van der Waals surface area contributed by atoms with Gasteiger partial charge in [0, 0.05) is 12.0 Å². The van der Waals surface area contributed by atoms with E-state index in [1.54, 1.807) is 13.8 Å². The summed E-state index contributed by atoms with van der Waals surface area (Å²) in [7, 11) is 0. The topological polar surface area (TPSA) is 92.9 Å². The van der Waals surface area contributed by atoms with Gasteiger partial charge >= 0.3 is 12.1 Å². The number of amides is 1. The van der Waals surface area contributed by atoms with E-state index in [4.69, 9.17) is 10.5 Å². The number of allylic oxidation sites excluding steroid dienone is 3. The number of nitrogens with zero attached hydrogens (tertiary/aromatic N) is 1. The first-order valence-corrected chi connectivity index (χ1v) is 11.1. The molecule has 0 bridgehead atoms. The van der Waals surface area contributed by atoms with Gasteiger partial charge in [-0.1, -0.05) is 19.6 Å². The number of nitrogens with two attached hydrogens (primary N) is 1. The summed E-state index contributed by atoms with van der Waals surface area (Å²) >= 11 is 0. The minimum absolute atomic E-state index is 0.152. The molecular weight excluding hydrogens is 449 g/mol. The van der Waals surface area contributed by atoms with Gasteiger partial charge in [-0.15, -0.1) is 0 Å². The van der Waals surface area contributed by atoms with E-state index < -0.39 is 23.5 Å². The molecule has 1 fully saturated rings. The number of hydrogen-bond acceptors (Lipinski definition) is 4. The van der Waals surface area contributed by atoms with Crippen molar-refractivity contribution in [3.63, 3.8) is 0 Å². The van der Waals surface area contributed by atoms with Gasteiger partial charge in [-0.2, -0.15) is 13.2 Å². The molecule has 0 spiro atoms. The monoisotopic (exact) mass is 480 g/mol. The lowest BCUT2D eigenvalue weighted by atomic mass is 9.82. The van der Waals surface area contributed by atoms with Crippen LogP contribution in [0.2, 0.25) is 0 Å². The molecule has 1 aliphatic rings. The zero-order chi connectivity index (χ0) is 25.6. The van der Waals surface area contributed by atoms with Crippen molar-refractivity contribution in [3.8, 4) is 5.75 Å². The first-order chi connectivity index (χ1) is 15.9. The second-order valence-corrected chi connectivity index (χ2v) is 8.68. The molecule has 1 amide bonds. The van der Waals surface area contributed by atoms with Crippen LogP contribution >= 0.6 is 0 Å². The van der Waals surface area contributed by atoms with E-state index in [1.165, 1.54) is 17.0 Å². The van der Waals surface area contributed by atoms with E-state index in [-0.39, 0.29) is 34.9 Å². The number of ether oxygens (including phenoxy) is 1. The number of hydrogen-bond donors (Lipinski definition) is 2. The number of carbonyl (C=O) groups excluding carboxylic acids is 1. The molecule has 0 saturated heterocycles. The van der Waals surface area contributed by atoms with E-state index in [9.17, 15) is 27.9 Å². The van der Waals surface area contributed by atoms with Crippen LogP contribution in [0.15, 0.2) is 54.5 Å². The molecule has 0 aromatic heterocycles. The standard InChI is InChI=1S/C25H31F3N2O4/c1-5-20(25(26,27)28)22(12-13-29)34-18-10-11-21(19(14-18)24(32)33)30(15(2)3)23(31)17-8-6-16(4)7-9-17/h5,10-17H,1,6-9,29H2,2-4H3,(H,32,33)/b13-12-,22-20-. The fraction of sp³-hybridized carbons (Fsp3) is 0.440. The number of benzene rings is 1. The fourth-order valence-corrected chi connectivity index (χ4v) is 4.06. The molecular formula is C25H31F3N2O4. The number of halogens is 3. The molecule has 1 aliphatic carbocycles. The Bertz CT molecular complexity index is 975. The van der Waals surface area contributed by atoms with Crippen molar-refractivity contribution in [2.75, 3.05) is 4.90 Å². The second kappa shape index (κ2) is 11.3. The first kappa shape index (κ1) is 27.0. The first-order valence-electron chi connectivity index (χ1n) is 11.1. The summed E-state index contributed by atoms with van der Waals surface area (Å²) in [4.78, 5) is 26.9. The summed E-state index contributed by atoms with van der Waals surface area (Å²) < 4.78 is 45.4. The van der Waals surface area contributed by atoms with Gasteiger partial charge in [0.2, 0.25) is 5.91 Å². The summed E-state index contributed by atoms with van der Waals surface area (Å²) in [5.41, 5.74) is 4.01. The molecule has 0 radical (unpaired) electrons. The smallest absolute Gasteiger partial charge is 0.419 e. The molecule has 3 N–H and O–H groups in total. The van der Waals surface area contributed by atoms with E-state index in [2.05, 4.69) is 13.5 Å². The Hall–Kier alpha value is -3.23. The lowest BCUT2D eigenvalue weighted by Gasteiger charge is -2.34. The summed E-state index contributed by atoms with van der Waals surface area (Å²) in [5.74, 6) is -1.94. The van der Waals surface area contributed by atoms with E-state index in [1.807, 2.05) is 0 Å². The fourth-order valence-electron chi connectivity index (χ4n) is 4.06. The normalized spacial score (nSPS) is 19.6. The molecule has 1 aromatic rings. The van der Waals surface area contributed by atoms with Gasteiger partial charge in [-0.05, 0) is 75.9 Å². The summed E-state index contributed by atoms with van der Waals surface area (Å²) in [6, 6.07) is 3.48. The van der Waals surface area contributed by atoms with Crippen molar-refractivity contribution < 1.29 is 32.6 Å². The van der Waals surface area contributed by atoms with Crippen molar-refractivity contribution in [1.29, 1.82) is 0 Å². The second-order valence-electron chi connectivity index (χ2n) is 8.68. The molecule has 6 nitrogen and oxygen atoms in total. The zero-order valence-electron chi connectivity index (χ0n) is 19.6. The Labute approximate surface area is 197 Å². The number of alkyl halides is 3. The molecule has 0 heterocycles. The molecule has 0 atom stereocenters. The average molecular weight is 481 g/mol. The van der Waals surface area contributed by atoms with Crippen molar-refractivity contribution in [3.05, 3.63) is 60.0 Å².